The number of phosphoric ester groups is 1. The van der Waals surface area contributed by atoms with Gasteiger partial charge in [-0.2, -0.15) is 0 Å². The maximum atomic E-state index is 12.6. The van der Waals surface area contributed by atoms with Crippen LogP contribution in [0.1, 0.15) is 181 Å². The Hall–Kier alpha value is -2.07. The molecule has 0 heterocycles. The van der Waals surface area contributed by atoms with Crippen LogP contribution in [0, 0.1) is 0 Å². The van der Waals surface area contributed by atoms with Crippen molar-refractivity contribution < 1.29 is 47.8 Å². The zero-order valence-electron chi connectivity index (χ0n) is 34.6. The third-order valence-corrected chi connectivity index (χ3v) is 9.92. The Morgan fingerprint density at radius 3 is 1.53 bits per heavy atom. The van der Waals surface area contributed by atoms with Crippen LogP contribution in [0.25, 0.3) is 0 Å². The first kappa shape index (κ1) is 52.9. The van der Waals surface area contributed by atoms with Crippen molar-refractivity contribution in [3.63, 3.8) is 0 Å². The molecular weight excluding hydrogens is 719 g/mol. The van der Waals surface area contributed by atoms with Crippen LogP contribution in [0.5, 0.6) is 0 Å². The van der Waals surface area contributed by atoms with Crippen LogP contribution in [0.3, 0.4) is 0 Å². The summed E-state index contributed by atoms with van der Waals surface area (Å²) in [5, 5.41) is 18.3. The van der Waals surface area contributed by atoms with E-state index in [0.29, 0.717) is 12.8 Å². The molecule has 0 saturated carbocycles. The van der Waals surface area contributed by atoms with E-state index in [9.17, 15) is 24.2 Å². The second-order valence-electron chi connectivity index (χ2n) is 14.3. The highest BCUT2D eigenvalue weighted by molar-refractivity contribution is 7.47. The summed E-state index contributed by atoms with van der Waals surface area (Å²) in [6.07, 6.45) is 42.2. The smallest absolute Gasteiger partial charge is 0.462 e. The highest BCUT2D eigenvalue weighted by atomic mass is 31.2. The molecule has 1 unspecified atom stereocenters. The average molecular weight is 799 g/mol. The van der Waals surface area contributed by atoms with Crippen molar-refractivity contribution in [3.05, 3.63) is 48.6 Å². The van der Waals surface area contributed by atoms with Gasteiger partial charge in [0.25, 0.3) is 0 Å². The molecular formula is C44H79O10P. The number of unbranched alkanes of at least 4 members (excludes halogenated alkanes) is 18. The minimum atomic E-state index is -4.62. The Kier molecular flexibility index (Phi) is 38.6. The van der Waals surface area contributed by atoms with E-state index in [1.807, 2.05) is 0 Å². The number of phosphoric acid groups is 1. The van der Waals surface area contributed by atoms with Gasteiger partial charge in [0, 0.05) is 12.8 Å². The summed E-state index contributed by atoms with van der Waals surface area (Å²) in [4.78, 5) is 35.0. The quantitative estimate of drug-likeness (QED) is 0.0237. The fourth-order valence-electron chi connectivity index (χ4n) is 5.65. The first-order chi connectivity index (χ1) is 26.7. The van der Waals surface area contributed by atoms with Gasteiger partial charge in [0.05, 0.1) is 19.8 Å². The van der Waals surface area contributed by atoms with Crippen molar-refractivity contribution in [1.82, 2.24) is 0 Å². The van der Waals surface area contributed by atoms with Crippen LogP contribution in [0.15, 0.2) is 48.6 Å². The van der Waals surface area contributed by atoms with Crippen molar-refractivity contribution in [3.8, 4) is 0 Å². The largest absolute Gasteiger partial charge is 0.472 e. The molecule has 320 valence electrons. The molecule has 0 rings (SSSR count). The Morgan fingerprint density at radius 2 is 1.00 bits per heavy atom. The first-order valence-corrected chi connectivity index (χ1v) is 23.1. The van der Waals surface area contributed by atoms with Gasteiger partial charge in [0.1, 0.15) is 12.7 Å². The monoisotopic (exact) mass is 799 g/mol. The predicted molar refractivity (Wildman–Crippen MR) is 224 cm³/mol. The molecule has 0 aliphatic rings. The number of carbonyl (C=O) groups excluding carboxylic acids is 2. The van der Waals surface area contributed by atoms with E-state index < -0.39 is 51.8 Å². The number of aliphatic hydroxyl groups excluding tert-OH is 2. The van der Waals surface area contributed by atoms with Crippen LogP contribution in [0.2, 0.25) is 0 Å². The fourth-order valence-corrected chi connectivity index (χ4v) is 6.44. The molecule has 0 fully saturated rings. The zero-order chi connectivity index (χ0) is 40.5. The lowest BCUT2D eigenvalue weighted by molar-refractivity contribution is -0.161. The fraction of sp³-hybridized carbons (Fsp3) is 0.773. The molecule has 0 spiro atoms. The van der Waals surface area contributed by atoms with Crippen molar-refractivity contribution in [1.29, 1.82) is 0 Å². The van der Waals surface area contributed by atoms with E-state index in [-0.39, 0.29) is 19.4 Å². The molecule has 10 nitrogen and oxygen atoms in total. The number of ether oxygens (including phenoxy) is 2. The molecule has 3 N–H and O–H groups in total. The first-order valence-electron chi connectivity index (χ1n) is 21.6. The van der Waals surface area contributed by atoms with Crippen LogP contribution in [-0.4, -0.2) is 65.7 Å². The van der Waals surface area contributed by atoms with Crippen molar-refractivity contribution in [2.45, 2.75) is 193 Å². The van der Waals surface area contributed by atoms with Crippen LogP contribution >= 0.6 is 7.82 Å². The number of allylic oxidation sites excluding steroid dienone is 8. The Bertz CT molecular complexity index is 1060. The van der Waals surface area contributed by atoms with Crippen molar-refractivity contribution in [2.24, 2.45) is 0 Å². The number of hydrogen-bond acceptors (Lipinski definition) is 9. The maximum absolute atomic E-state index is 12.6. The number of esters is 2. The molecule has 0 saturated heterocycles. The lowest BCUT2D eigenvalue weighted by Crippen LogP contribution is -2.29. The minimum Gasteiger partial charge on any atom is -0.462 e. The van der Waals surface area contributed by atoms with E-state index in [1.165, 1.54) is 64.2 Å². The van der Waals surface area contributed by atoms with Gasteiger partial charge in [0.15, 0.2) is 6.10 Å². The molecule has 3 atom stereocenters. The summed E-state index contributed by atoms with van der Waals surface area (Å²) in [6.45, 7) is 2.24. The zero-order valence-corrected chi connectivity index (χ0v) is 35.5. The number of rotatable bonds is 40. The normalized spacial score (nSPS) is 14.3. The summed E-state index contributed by atoms with van der Waals surface area (Å²) >= 11 is 0. The highest BCUT2D eigenvalue weighted by Gasteiger charge is 2.27. The molecule has 0 amide bonds. The minimum absolute atomic E-state index is 0.163. The number of carbonyl (C=O) groups is 2. The lowest BCUT2D eigenvalue weighted by atomic mass is 10.1. The van der Waals surface area contributed by atoms with Gasteiger partial charge >= 0.3 is 19.8 Å². The summed E-state index contributed by atoms with van der Waals surface area (Å²) in [5.74, 6) is -0.950. The average Bonchev–Trinajstić information content (AvgIpc) is 3.17. The summed E-state index contributed by atoms with van der Waals surface area (Å²) in [7, 11) is -4.62. The van der Waals surface area contributed by atoms with Gasteiger partial charge in [-0.1, -0.05) is 146 Å². The summed E-state index contributed by atoms with van der Waals surface area (Å²) < 4.78 is 32.7. The van der Waals surface area contributed by atoms with Crippen LogP contribution < -0.4 is 0 Å². The summed E-state index contributed by atoms with van der Waals surface area (Å²) in [6, 6.07) is 0. The van der Waals surface area contributed by atoms with E-state index >= 15 is 0 Å². The molecule has 0 bridgehead atoms. The number of hydrogen-bond donors (Lipinski definition) is 3. The molecule has 0 aromatic heterocycles. The van der Waals surface area contributed by atoms with Gasteiger partial charge in [-0.05, 0) is 70.6 Å². The summed E-state index contributed by atoms with van der Waals surface area (Å²) in [5.41, 5.74) is 0. The molecule has 0 aliphatic heterocycles. The molecule has 11 heteroatoms. The molecule has 55 heavy (non-hydrogen) atoms. The van der Waals surface area contributed by atoms with E-state index in [2.05, 4.69) is 67.0 Å². The van der Waals surface area contributed by atoms with E-state index in [0.717, 1.165) is 77.0 Å². The standard InChI is InChI=1S/C44H79O10P/c1-3-5-7-9-11-13-15-17-19-20-22-23-25-27-29-31-33-35-43(47)51-39-42(40-53-55(49,50)52-38-41(46)37-45)54-44(48)36-34-32-30-28-26-24-21-18-16-14-12-10-8-6-4-2/h6,8,12,14,17-19,21,41-42,45-46H,3-5,7,9-11,13,15-16,20,22-40H2,1-2H3,(H,49,50)/b8-6+,14-12+,19-17+,21-18+/t41-,42+/m0/s1. The Labute approximate surface area is 334 Å². The predicted octanol–water partition coefficient (Wildman–Crippen LogP) is 11.3. The van der Waals surface area contributed by atoms with Crippen LogP contribution in [0.4, 0.5) is 0 Å². The van der Waals surface area contributed by atoms with E-state index in [1.54, 1.807) is 0 Å². The third kappa shape index (κ3) is 39.9. The second kappa shape index (κ2) is 40.1. The van der Waals surface area contributed by atoms with Crippen LogP contribution in [-0.2, 0) is 32.7 Å². The van der Waals surface area contributed by atoms with Crippen molar-refractivity contribution in [2.75, 3.05) is 26.4 Å². The lowest BCUT2D eigenvalue weighted by Gasteiger charge is -2.20. The SMILES string of the molecule is CC/C=C/C/C=C/C/C=C/CCCCCCCC(=O)O[C@H](COC(=O)CCCCCCCCC/C=C/CCCCCCCC)COP(=O)(O)OC[C@@H](O)CO. The molecule has 0 aliphatic carbocycles. The Morgan fingerprint density at radius 1 is 0.564 bits per heavy atom. The van der Waals surface area contributed by atoms with Crippen molar-refractivity contribution >= 4 is 19.8 Å². The van der Waals surface area contributed by atoms with E-state index in [4.69, 9.17) is 19.1 Å². The van der Waals surface area contributed by atoms with Gasteiger partial charge in [-0.15, -0.1) is 0 Å². The highest BCUT2D eigenvalue weighted by Crippen LogP contribution is 2.43. The van der Waals surface area contributed by atoms with Gasteiger partial charge in [-0.3, -0.25) is 18.6 Å². The molecule has 0 radical (unpaired) electrons. The molecule has 0 aromatic carbocycles. The number of aliphatic hydroxyl groups is 2. The second-order valence-corrected chi connectivity index (χ2v) is 15.8. The Balaban J connectivity index is 4.32. The van der Waals surface area contributed by atoms with Gasteiger partial charge < -0.3 is 24.6 Å². The topological polar surface area (TPSA) is 149 Å². The van der Waals surface area contributed by atoms with Gasteiger partial charge in [-0.25, -0.2) is 4.57 Å². The third-order valence-electron chi connectivity index (χ3n) is 8.97. The van der Waals surface area contributed by atoms with Gasteiger partial charge in [0.2, 0.25) is 0 Å². The maximum Gasteiger partial charge on any atom is 0.472 e. The molecule has 0 aromatic rings.